The van der Waals surface area contributed by atoms with E-state index in [-0.39, 0.29) is 17.7 Å². The largest absolute Gasteiger partial charge is 0.494 e. The Morgan fingerprint density at radius 3 is 2.78 bits per heavy atom. The van der Waals surface area contributed by atoms with Crippen LogP contribution in [0.5, 0.6) is 5.75 Å². The molecule has 0 amide bonds. The first kappa shape index (κ1) is 24.9. The Hall–Kier alpha value is -2.78. The fourth-order valence-electron chi connectivity index (χ4n) is 5.78. The molecule has 0 spiro atoms. The molecule has 0 unspecified atom stereocenters. The number of nitrogens with zero attached hydrogens (tertiary/aromatic N) is 5. The first-order chi connectivity index (χ1) is 17.7. The molecule has 1 N–H and O–H groups in total. The molecule has 3 aromatic rings. The van der Waals surface area contributed by atoms with Crippen molar-refractivity contribution >= 4 is 10.9 Å². The van der Waals surface area contributed by atoms with Gasteiger partial charge in [-0.1, -0.05) is 26.2 Å². The van der Waals surface area contributed by atoms with Gasteiger partial charge in [0.1, 0.15) is 5.75 Å². The van der Waals surface area contributed by atoms with Crippen molar-refractivity contribution in [3.8, 4) is 5.75 Å². The van der Waals surface area contributed by atoms with Crippen LogP contribution in [0.15, 0.2) is 29.1 Å². The number of nitrogens with one attached hydrogen (secondary N) is 1. The van der Waals surface area contributed by atoms with Gasteiger partial charge in [-0.2, -0.15) is 0 Å². The molecule has 2 fully saturated rings. The van der Waals surface area contributed by atoms with Gasteiger partial charge in [-0.15, -0.1) is 5.10 Å². The molecule has 3 heterocycles. The predicted molar refractivity (Wildman–Crippen MR) is 138 cm³/mol. The second kappa shape index (κ2) is 11.5. The Labute approximate surface area is 212 Å². The van der Waals surface area contributed by atoms with Crippen LogP contribution in [-0.2, 0) is 11.3 Å². The standard InChI is InChI=1S/C27H38N6O3/c1-3-25(26-29-30-31-33(26)21-9-6-5-7-10-21)32(18-23-11-8-14-36-23)17-20-15-19-16-22(35-4-2)12-13-24(19)28-27(20)34/h12-13,15-16,21,23,25H,3-11,14,17-18H2,1-2H3,(H,28,34)/t23-,25+/m1/s1. The van der Waals surface area contributed by atoms with E-state index in [0.717, 1.165) is 73.3 Å². The average Bonchev–Trinajstić information content (AvgIpc) is 3.58. The fourth-order valence-corrected chi connectivity index (χ4v) is 5.78. The molecule has 1 aromatic carbocycles. The first-order valence-corrected chi connectivity index (χ1v) is 13.6. The Kier molecular flexibility index (Phi) is 7.96. The number of hydrogen-bond donors (Lipinski definition) is 1. The zero-order chi connectivity index (χ0) is 24.9. The highest BCUT2D eigenvalue weighted by Gasteiger charge is 2.31. The number of aromatic nitrogens is 5. The van der Waals surface area contributed by atoms with E-state index in [1.165, 1.54) is 19.3 Å². The van der Waals surface area contributed by atoms with Crippen LogP contribution >= 0.6 is 0 Å². The third kappa shape index (κ3) is 5.47. The molecule has 9 nitrogen and oxygen atoms in total. The average molecular weight is 495 g/mol. The van der Waals surface area contributed by atoms with E-state index in [1.807, 2.05) is 31.2 Å². The highest BCUT2D eigenvalue weighted by Crippen LogP contribution is 2.33. The van der Waals surface area contributed by atoms with Gasteiger partial charge >= 0.3 is 0 Å². The van der Waals surface area contributed by atoms with E-state index >= 15 is 0 Å². The number of aromatic amines is 1. The van der Waals surface area contributed by atoms with Crippen LogP contribution in [0.4, 0.5) is 0 Å². The van der Waals surface area contributed by atoms with Crippen LogP contribution in [0.25, 0.3) is 10.9 Å². The lowest BCUT2D eigenvalue weighted by atomic mass is 9.95. The molecule has 2 aromatic heterocycles. The predicted octanol–water partition coefficient (Wildman–Crippen LogP) is 4.55. The van der Waals surface area contributed by atoms with Crippen molar-refractivity contribution in [1.82, 2.24) is 30.1 Å². The maximum atomic E-state index is 13.1. The molecule has 1 saturated heterocycles. The molecular weight excluding hydrogens is 456 g/mol. The third-order valence-electron chi connectivity index (χ3n) is 7.60. The summed E-state index contributed by atoms with van der Waals surface area (Å²) in [5.41, 5.74) is 1.47. The SMILES string of the molecule is CCOc1ccc2[nH]c(=O)c(CN(C[C@H]3CCCO3)[C@@H](CC)c3nnnn3C3CCCCC3)cc2c1. The summed E-state index contributed by atoms with van der Waals surface area (Å²) < 4.78 is 13.8. The third-order valence-corrected chi connectivity index (χ3v) is 7.60. The Balaban J connectivity index is 1.47. The minimum Gasteiger partial charge on any atom is -0.494 e. The van der Waals surface area contributed by atoms with Crippen molar-refractivity contribution in [2.45, 2.75) is 89.9 Å². The quantitative estimate of drug-likeness (QED) is 0.441. The van der Waals surface area contributed by atoms with Gasteiger partial charge in [0.2, 0.25) is 0 Å². The van der Waals surface area contributed by atoms with Gasteiger partial charge in [-0.25, -0.2) is 4.68 Å². The molecule has 1 saturated carbocycles. The van der Waals surface area contributed by atoms with Crippen molar-refractivity contribution in [1.29, 1.82) is 0 Å². The number of ether oxygens (including phenoxy) is 2. The summed E-state index contributed by atoms with van der Waals surface area (Å²) in [6, 6.07) is 8.13. The van der Waals surface area contributed by atoms with Crippen molar-refractivity contribution in [2.24, 2.45) is 0 Å². The van der Waals surface area contributed by atoms with Crippen LogP contribution in [0, 0.1) is 0 Å². The van der Waals surface area contributed by atoms with Gasteiger partial charge in [-0.3, -0.25) is 9.69 Å². The lowest BCUT2D eigenvalue weighted by molar-refractivity contribution is 0.0481. The number of pyridine rings is 1. The molecule has 0 radical (unpaired) electrons. The first-order valence-electron chi connectivity index (χ1n) is 13.6. The second-order valence-corrected chi connectivity index (χ2v) is 10.1. The lowest BCUT2D eigenvalue weighted by Crippen LogP contribution is -2.38. The summed E-state index contributed by atoms with van der Waals surface area (Å²) in [4.78, 5) is 18.6. The van der Waals surface area contributed by atoms with Gasteiger partial charge in [0.15, 0.2) is 5.82 Å². The maximum Gasteiger partial charge on any atom is 0.252 e. The van der Waals surface area contributed by atoms with E-state index in [2.05, 4.69) is 37.0 Å². The number of hydrogen-bond acceptors (Lipinski definition) is 7. The van der Waals surface area contributed by atoms with Crippen LogP contribution in [0.2, 0.25) is 0 Å². The molecule has 36 heavy (non-hydrogen) atoms. The zero-order valence-corrected chi connectivity index (χ0v) is 21.5. The minimum atomic E-state index is -0.0641. The van der Waals surface area contributed by atoms with Gasteiger partial charge in [0, 0.05) is 36.2 Å². The summed E-state index contributed by atoms with van der Waals surface area (Å²) >= 11 is 0. The van der Waals surface area contributed by atoms with Gasteiger partial charge in [0.05, 0.1) is 24.8 Å². The molecule has 194 valence electrons. The van der Waals surface area contributed by atoms with E-state index < -0.39 is 0 Å². The van der Waals surface area contributed by atoms with Gasteiger partial charge < -0.3 is 14.5 Å². The molecule has 2 aliphatic rings. The topological polar surface area (TPSA) is 98.2 Å². The van der Waals surface area contributed by atoms with Crippen molar-refractivity contribution < 1.29 is 9.47 Å². The maximum absolute atomic E-state index is 13.1. The molecular formula is C27H38N6O3. The van der Waals surface area contributed by atoms with Gasteiger partial charge in [-0.05, 0) is 73.7 Å². The zero-order valence-electron chi connectivity index (χ0n) is 21.5. The van der Waals surface area contributed by atoms with Crippen LogP contribution in [-0.4, -0.2) is 56.0 Å². The summed E-state index contributed by atoms with van der Waals surface area (Å²) in [5.74, 6) is 1.70. The monoisotopic (exact) mass is 494 g/mol. The number of H-pyrrole nitrogens is 1. The molecule has 1 aliphatic heterocycles. The Morgan fingerprint density at radius 2 is 2.03 bits per heavy atom. The summed E-state index contributed by atoms with van der Waals surface area (Å²) in [5, 5.41) is 14.0. The van der Waals surface area contributed by atoms with Crippen LogP contribution in [0.3, 0.4) is 0 Å². The van der Waals surface area contributed by atoms with Crippen molar-refractivity contribution in [2.75, 3.05) is 19.8 Å². The molecule has 5 rings (SSSR count). The van der Waals surface area contributed by atoms with Crippen molar-refractivity contribution in [3.63, 3.8) is 0 Å². The van der Waals surface area contributed by atoms with Crippen LogP contribution < -0.4 is 10.3 Å². The Morgan fingerprint density at radius 1 is 1.17 bits per heavy atom. The highest BCUT2D eigenvalue weighted by atomic mass is 16.5. The number of tetrazole rings is 1. The summed E-state index contributed by atoms with van der Waals surface area (Å²) in [7, 11) is 0. The number of benzene rings is 1. The van der Waals surface area contributed by atoms with E-state index in [9.17, 15) is 4.79 Å². The minimum absolute atomic E-state index is 0.00372. The lowest BCUT2D eigenvalue weighted by Gasteiger charge is -2.33. The molecule has 9 heteroatoms. The van der Waals surface area contributed by atoms with Gasteiger partial charge in [0.25, 0.3) is 5.56 Å². The number of fused-ring (bicyclic) bond motifs is 1. The van der Waals surface area contributed by atoms with Crippen molar-refractivity contribution in [3.05, 3.63) is 46.0 Å². The molecule has 2 atom stereocenters. The van der Waals surface area contributed by atoms with E-state index in [0.29, 0.717) is 19.2 Å². The molecule has 1 aliphatic carbocycles. The highest BCUT2D eigenvalue weighted by molar-refractivity contribution is 5.80. The second-order valence-electron chi connectivity index (χ2n) is 10.1. The van der Waals surface area contributed by atoms with E-state index in [1.54, 1.807) is 0 Å². The number of rotatable bonds is 10. The fraction of sp³-hybridized carbons (Fsp3) is 0.630. The molecule has 0 bridgehead atoms. The smallest absolute Gasteiger partial charge is 0.252 e. The normalized spacial score (nSPS) is 19.8. The van der Waals surface area contributed by atoms with Crippen LogP contribution in [0.1, 0.15) is 88.7 Å². The van der Waals surface area contributed by atoms with E-state index in [4.69, 9.17) is 9.47 Å². The Bertz CT molecular complexity index is 1200. The summed E-state index contributed by atoms with van der Waals surface area (Å²) in [6.45, 7) is 6.78. The summed E-state index contributed by atoms with van der Waals surface area (Å²) in [6.07, 6.45) is 9.07.